The monoisotopic (exact) mass is 522 g/mol. The molecule has 1 atom stereocenters. The third-order valence-corrected chi connectivity index (χ3v) is 6.33. The maximum Gasteiger partial charge on any atom is 0.411 e. The molecule has 0 spiro atoms. The molecule has 8 heteroatoms. The molecule has 2 amide bonds. The van der Waals surface area contributed by atoms with Crippen molar-refractivity contribution in [2.75, 3.05) is 11.9 Å². The summed E-state index contributed by atoms with van der Waals surface area (Å²) >= 11 is 3.37. The van der Waals surface area contributed by atoms with Gasteiger partial charge in [-0.05, 0) is 63.3 Å². The van der Waals surface area contributed by atoms with Crippen molar-refractivity contribution in [1.82, 2.24) is 5.32 Å². The number of carbonyl (C=O) groups excluding carboxylic acids is 2. The molecule has 0 fully saturated rings. The summed E-state index contributed by atoms with van der Waals surface area (Å²) in [6, 6.07) is 20.4. The lowest BCUT2D eigenvalue weighted by Gasteiger charge is -2.15. The van der Waals surface area contributed by atoms with Gasteiger partial charge in [0.1, 0.15) is 6.61 Å². The molecular formula is C26H23BrN2O5. The van der Waals surface area contributed by atoms with Crippen molar-refractivity contribution in [3.05, 3.63) is 87.9 Å². The molecule has 0 radical (unpaired) electrons. The summed E-state index contributed by atoms with van der Waals surface area (Å²) in [5.41, 5.74) is 5.35. The van der Waals surface area contributed by atoms with Crippen LogP contribution in [0, 0.1) is 0 Å². The average Bonchev–Trinajstić information content (AvgIpc) is 3.12. The molecule has 3 aromatic carbocycles. The number of anilines is 1. The first-order valence-electron chi connectivity index (χ1n) is 10.8. The second-order valence-corrected chi connectivity index (χ2v) is 8.97. The molecule has 0 saturated carbocycles. The van der Waals surface area contributed by atoms with E-state index in [1.165, 1.54) is 0 Å². The van der Waals surface area contributed by atoms with Gasteiger partial charge in [-0.3, -0.25) is 14.9 Å². The van der Waals surface area contributed by atoms with Crippen molar-refractivity contribution in [2.24, 2.45) is 0 Å². The summed E-state index contributed by atoms with van der Waals surface area (Å²) in [5.74, 6) is -1.43. The van der Waals surface area contributed by atoms with E-state index in [0.717, 1.165) is 22.3 Å². The van der Waals surface area contributed by atoms with Crippen molar-refractivity contribution < 1.29 is 24.2 Å². The number of halogens is 1. The summed E-state index contributed by atoms with van der Waals surface area (Å²) in [6.45, 7) is 1.81. The number of benzene rings is 3. The number of ether oxygens (including phenoxy) is 1. The lowest BCUT2D eigenvalue weighted by atomic mass is 9.98. The number of amides is 2. The van der Waals surface area contributed by atoms with Crippen LogP contribution in [-0.4, -0.2) is 35.7 Å². The second kappa shape index (κ2) is 10.1. The highest BCUT2D eigenvalue weighted by Gasteiger charge is 2.29. The zero-order valence-corrected chi connectivity index (χ0v) is 20.0. The van der Waals surface area contributed by atoms with Gasteiger partial charge < -0.3 is 15.2 Å². The van der Waals surface area contributed by atoms with Crippen LogP contribution in [0.4, 0.5) is 10.5 Å². The van der Waals surface area contributed by atoms with Gasteiger partial charge in [-0.15, -0.1) is 0 Å². The standard InChI is InChI=1S/C26H23BrN2O5/c1-15(12-24(30)31)28-25(32)16-10-11-23(22(27)13-16)29-26(33)34-14-21-19-8-4-2-6-17(19)18-7-3-5-9-20(18)21/h2-11,13,15,21H,12,14H2,1H3,(H,28,32)(H,29,33)(H,30,31)/t15-/m1/s1. The van der Waals surface area contributed by atoms with Gasteiger partial charge in [0.15, 0.2) is 0 Å². The maximum absolute atomic E-state index is 12.5. The van der Waals surface area contributed by atoms with Gasteiger partial charge in [0.2, 0.25) is 0 Å². The molecule has 0 saturated heterocycles. The van der Waals surface area contributed by atoms with E-state index in [0.29, 0.717) is 15.7 Å². The van der Waals surface area contributed by atoms with Gasteiger partial charge in [-0.2, -0.15) is 0 Å². The molecule has 0 aromatic heterocycles. The number of hydrogen-bond donors (Lipinski definition) is 3. The number of aliphatic carboxylic acids is 1. The Hall–Kier alpha value is -3.65. The molecule has 0 bridgehead atoms. The number of carboxylic acid groups (broad SMARTS) is 1. The number of carboxylic acids is 1. The fraction of sp³-hybridized carbons (Fsp3) is 0.192. The van der Waals surface area contributed by atoms with E-state index in [4.69, 9.17) is 9.84 Å². The Labute approximate surface area is 205 Å². The molecule has 1 aliphatic carbocycles. The van der Waals surface area contributed by atoms with Crippen LogP contribution in [0.2, 0.25) is 0 Å². The smallest absolute Gasteiger partial charge is 0.411 e. The van der Waals surface area contributed by atoms with Crippen molar-refractivity contribution in [1.29, 1.82) is 0 Å². The molecule has 0 aliphatic heterocycles. The highest BCUT2D eigenvalue weighted by atomic mass is 79.9. The van der Waals surface area contributed by atoms with E-state index in [9.17, 15) is 14.4 Å². The van der Waals surface area contributed by atoms with Gasteiger partial charge in [-0.1, -0.05) is 48.5 Å². The third-order valence-electron chi connectivity index (χ3n) is 5.67. The van der Waals surface area contributed by atoms with Gasteiger partial charge in [0.05, 0.1) is 12.1 Å². The van der Waals surface area contributed by atoms with Gasteiger partial charge in [0, 0.05) is 22.0 Å². The largest absolute Gasteiger partial charge is 0.481 e. The number of nitrogens with one attached hydrogen (secondary N) is 2. The van der Waals surface area contributed by atoms with E-state index < -0.39 is 24.0 Å². The molecule has 3 aromatic rings. The first-order valence-corrected chi connectivity index (χ1v) is 11.6. The predicted octanol–water partition coefficient (Wildman–Crippen LogP) is 5.40. The first kappa shape index (κ1) is 23.5. The summed E-state index contributed by atoms with van der Waals surface area (Å²) < 4.78 is 6.06. The van der Waals surface area contributed by atoms with Crippen LogP contribution in [0.15, 0.2) is 71.2 Å². The minimum absolute atomic E-state index is 0.0412. The van der Waals surface area contributed by atoms with Crippen LogP contribution < -0.4 is 10.6 Å². The van der Waals surface area contributed by atoms with E-state index in [-0.39, 0.29) is 18.9 Å². The Morgan fingerprint density at radius 2 is 1.62 bits per heavy atom. The molecule has 7 nitrogen and oxygen atoms in total. The fourth-order valence-corrected chi connectivity index (χ4v) is 4.60. The first-order chi connectivity index (χ1) is 16.3. The second-order valence-electron chi connectivity index (χ2n) is 8.12. The highest BCUT2D eigenvalue weighted by molar-refractivity contribution is 9.10. The van der Waals surface area contributed by atoms with Crippen LogP contribution in [0.3, 0.4) is 0 Å². The third kappa shape index (κ3) is 5.12. The average molecular weight is 523 g/mol. The van der Waals surface area contributed by atoms with Gasteiger partial charge >= 0.3 is 12.1 Å². The minimum atomic E-state index is -0.989. The van der Waals surface area contributed by atoms with Gasteiger partial charge in [0.25, 0.3) is 5.91 Å². The summed E-state index contributed by atoms with van der Waals surface area (Å²) in [5, 5.41) is 14.2. The molecular weight excluding hydrogens is 500 g/mol. The highest BCUT2D eigenvalue weighted by Crippen LogP contribution is 2.44. The quantitative estimate of drug-likeness (QED) is 0.385. The molecule has 4 rings (SSSR count). The Bertz CT molecular complexity index is 1210. The Morgan fingerprint density at radius 3 is 2.21 bits per heavy atom. The number of rotatable bonds is 7. The van der Waals surface area contributed by atoms with Crippen molar-refractivity contribution >= 4 is 39.6 Å². The van der Waals surface area contributed by atoms with Crippen molar-refractivity contribution in [3.8, 4) is 11.1 Å². The number of fused-ring (bicyclic) bond motifs is 3. The van der Waals surface area contributed by atoms with E-state index in [2.05, 4.69) is 50.8 Å². The van der Waals surface area contributed by atoms with Crippen LogP contribution in [0.5, 0.6) is 0 Å². The molecule has 0 heterocycles. The van der Waals surface area contributed by atoms with Crippen molar-refractivity contribution in [2.45, 2.75) is 25.3 Å². The topological polar surface area (TPSA) is 105 Å². The van der Waals surface area contributed by atoms with Crippen LogP contribution in [0.1, 0.15) is 40.7 Å². The number of hydrogen-bond acceptors (Lipinski definition) is 4. The van der Waals surface area contributed by atoms with Crippen molar-refractivity contribution in [3.63, 3.8) is 0 Å². The summed E-state index contributed by atoms with van der Waals surface area (Å²) in [6.07, 6.45) is -0.774. The van der Waals surface area contributed by atoms with E-state index >= 15 is 0 Å². The molecule has 0 unspecified atom stereocenters. The summed E-state index contributed by atoms with van der Waals surface area (Å²) in [4.78, 5) is 35.6. The lowest BCUT2D eigenvalue weighted by Crippen LogP contribution is -2.34. The predicted molar refractivity (Wildman–Crippen MR) is 132 cm³/mol. The fourth-order valence-electron chi connectivity index (χ4n) is 4.12. The minimum Gasteiger partial charge on any atom is -0.481 e. The van der Waals surface area contributed by atoms with Crippen LogP contribution >= 0.6 is 15.9 Å². The van der Waals surface area contributed by atoms with Crippen LogP contribution in [-0.2, 0) is 9.53 Å². The molecule has 34 heavy (non-hydrogen) atoms. The SMILES string of the molecule is C[C@H](CC(=O)O)NC(=O)c1ccc(NC(=O)OCC2c3ccccc3-c3ccccc32)c(Br)c1. The Kier molecular flexibility index (Phi) is 6.98. The Balaban J connectivity index is 1.38. The van der Waals surface area contributed by atoms with E-state index in [1.54, 1.807) is 25.1 Å². The van der Waals surface area contributed by atoms with Gasteiger partial charge in [-0.25, -0.2) is 4.79 Å². The lowest BCUT2D eigenvalue weighted by molar-refractivity contribution is -0.137. The summed E-state index contributed by atoms with van der Waals surface area (Å²) in [7, 11) is 0. The normalized spacial score (nSPS) is 12.9. The maximum atomic E-state index is 12.5. The zero-order chi connectivity index (χ0) is 24.2. The van der Waals surface area contributed by atoms with E-state index in [1.807, 2.05) is 24.3 Å². The molecule has 3 N–H and O–H groups in total. The Morgan fingerprint density at radius 1 is 1.00 bits per heavy atom. The molecule has 1 aliphatic rings. The zero-order valence-electron chi connectivity index (χ0n) is 18.4. The van der Waals surface area contributed by atoms with Crippen LogP contribution in [0.25, 0.3) is 11.1 Å². The molecule has 174 valence electrons. The number of carbonyl (C=O) groups is 3.